The maximum Gasteiger partial charge on any atom is 0.147 e. The van der Waals surface area contributed by atoms with E-state index in [0.29, 0.717) is 0 Å². The standard InChI is InChI=1S/C76H82Br2O8/c1-71(63-23-15-59(16-24-63)55-7-9-56(10-8-55)60-17-25-64(26-18-60)72(2)41-45-74(46-42-72,84-52-80-4)67-31-35-69(77)36-32-67)39-43-73(44-40-71,83-51-79-3)65-27-19-61(20-28-65)57-11-13-58(14-12-57)62-21-29-66(30-22-62)75(85-53-81-5)47-49-76(50-48-75,86-54-82-6)68-33-37-70(78)38-34-68/h7-38H,39-54H2,1-6H3. The van der Waals surface area contributed by atoms with Gasteiger partial charge in [0.25, 0.3) is 0 Å². The van der Waals surface area contributed by atoms with E-state index >= 15 is 0 Å². The maximum absolute atomic E-state index is 6.70. The van der Waals surface area contributed by atoms with Crippen LogP contribution in [0.4, 0.5) is 0 Å². The van der Waals surface area contributed by atoms with E-state index in [1.54, 1.807) is 28.4 Å². The fourth-order valence-corrected chi connectivity index (χ4v) is 14.6. The second-order valence-electron chi connectivity index (χ2n) is 24.8. The molecule has 3 aliphatic carbocycles. The zero-order valence-corrected chi connectivity index (χ0v) is 54.0. The fraction of sp³-hybridized carbons (Fsp3) is 0.368. The second-order valence-corrected chi connectivity index (χ2v) is 26.6. The lowest BCUT2D eigenvalue weighted by atomic mass is 9.64. The average molecular weight is 1280 g/mol. The Morgan fingerprint density at radius 1 is 0.244 bits per heavy atom. The third-order valence-electron chi connectivity index (χ3n) is 19.8. The lowest BCUT2D eigenvalue weighted by molar-refractivity contribution is -0.203. The van der Waals surface area contributed by atoms with Crippen molar-refractivity contribution in [2.45, 2.75) is 124 Å². The number of ether oxygens (including phenoxy) is 8. The van der Waals surface area contributed by atoms with Gasteiger partial charge in [0.2, 0.25) is 0 Å². The van der Waals surface area contributed by atoms with Crippen LogP contribution in [-0.2, 0) is 71.1 Å². The van der Waals surface area contributed by atoms with E-state index in [0.717, 1.165) is 108 Å². The minimum atomic E-state index is -0.502. The molecule has 0 N–H and O–H groups in total. The van der Waals surface area contributed by atoms with Gasteiger partial charge in [0.15, 0.2) is 0 Å². The Morgan fingerprint density at radius 2 is 0.407 bits per heavy atom. The van der Waals surface area contributed by atoms with Crippen molar-refractivity contribution in [3.63, 3.8) is 0 Å². The van der Waals surface area contributed by atoms with Crippen molar-refractivity contribution < 1.29 is 37.9 Å². The molecule has 0 heterocycles. The molecule has 3 fully saturated rings. The lowest BCUT2D eigenvalue weighted by Gasteiger charge is -2.46. The van der Waals surface area contributed by atoms with Crippen LogP contribution in [0.3, 0.4) is 0 Å². The molecule has 0 unspecified atom stereocenters. The summed E-state index contributed by atoms with van der Waals surface area (Å²) in [7, 11) is 6.77. The van der Waals surface area contributed by atoms with Crippen molar-refractivity contribution in [1.82, 2.24) is 0 Å². The van der Waals surface area contributed by atoms with Gasteiger partial charge in [0, 0.05) is 37.4 Å². The third-order valence-corrected chi connectivity index (χ3v) is 20.9. The van der Waals surface area contributed by atoms with Crippen LogP contribution in [0.5, 0.6) is 0 Å². The minimum Gasteiger partial charge on any atom is -0.359 e. The molecule has 8 nitrogen and oxygen atoms in total. The first-order valence-electron chi connectivity index (χ1n) is 30.5. The molecular formula is C76H82Br2O8. The number of hydrogen-bond donors (Lipinski definition) is 0. The topological polar surface area (TPSA) is 73.8 Å². The van der Waals surface area contributed by atoms with Gasteiger partial charge in [-0.15, -0.1) is 0 Å². The van der Waals surface area contributed by atoms with E-state index in [1.165, 1.54) is 55.6 Å². The van der Waals surface area contributed by atoms with Gasteiger partial charge in [-0.1, -0.05) is 216 Å². The number of hydrogen-bond acceptors (Lipinski definition) is 8. The summed E-state index contributed by atoms with van der Waals surface area (Å²) in [5.41, 5.74) is 15.4. The first-order chi connectivity index (χ1) is 41.8. The molecule has 0 saturated heterocycles. The van der Waals surface area contributed by atoms with Gasteiger partial charge in [-0.2, -0.15) is 0 Å². The summed E-state index contributed by atoms with van der Waals surface area (Å²) in [6.45, 7) is 5.81. The molecule has 0 spiro atoms. The molecular weight excluding hydrogens is 1200 g/mol. The van der Waals surface area contributed by atoms with Crippen LogP contribution in [0, 0.1) is 0 Å². The van der Waals surface area contributed by atoms with E-state index in [2.05, 4.69) is 240 Å². The summed E-state index contributed by atoms with van der Waals surface area (Å²) in [5, 5.41) is 0. The van der Waals surface area contributed by atoms with E-state index in [1.807, 2.05) is 0 Å². The monoisotopic (exact) mass is 1280 g/mol. The zero-order chi connectivity index (χ0) is 59.8. The highest BCUT2D eigenvalue weighted by Crippen LogP contribution is 2.53. The Hall–Kier alpha value is -5.60. The van der Waals surface area contributed by atoms with Gasteiger partial charge < -0.3 is 37.9 Å². The molecule has 3 saturated carbocycles. The number of rotatable bonds is 22. The highest BCUT2D eigenvalue weighted by molar-refractivity contribution is 9.10. The molecule has 10 heteroatoms. The Kier molecular flexibility index (Phi) is 19.5. The van der Waals surface area contributed by atoms with E-state index in [-0.39, 0.29) is 43.6 Å². The van der Waals surface area contributed by atoms with Crippen LogP contribution in [-0.4, -0.2) is 55.6 Å². The molecule has 0 amide bonds. The lowest BCUT2D eigenvalue weighted by Crippen LogP contribution is -2.43. The number of halogens is 2. The largest absolute Gasteiger partial charge is 0.359 e. The van der Waals surface area contributed by atoms with Gasteiger partial charge in [-0.05, 0) is 190 Å². The van der Waals surface area contributed by atoms with Crippen molar-refractivity contribution >= 4 is 31.9 Å². The summed E-state index contributed by atoms with van der Waals surface area (Å²) in [4.78, 5) is 0. The van der Waals surface area contributed by atoms with Crippen molar-refractivity contribution in [2.24, 2.45) is 0 Å². The number of methoxy groups -OCH3 is 4. The zero-order valence-electron chi connectivity index (χ0n) is 50.8. The van der Waals surface area contributed by atoms with Crippen LogP contribution in [0.25, 0.3) is 44.5 Å². The van der Waals surface area contributed by atoms with Crippen LogP contribution in [0.15, 0.2) is 203 Å². The van der Waals surface area contributed by atoms with Crippen molar-refractivity contribution in [3.05, 3.63) is 236 Å². The van der Waals surface area contributed by atoms with Crippen LogP contribution in [0.1, 0.15) is 124 Å². The Morgan fingerprint density at radius 3 is 0.605 bits per heavy atom. The molecule has 0 aromatic heterocycles. The summed E-state index contributed by atoms with van der Waals surface area (Å²) in [5.74, 6) is 0. The molecule has 0 radical (unpaired) electrons. The molecule has 448 valence electrons. The summed E-state index contributed by atoms with van der Waals surface area (Å²) < 4.78 is 50.2. The highest BCUT2D eigenvalue weighted by Gasteiger charge is 2.48. The highest BCUT2D eigenvalue weighted by atomic mass is 79.9. The van der Waals surface area contributed by atoms with E-state index in [9.17, 15) is 0 Å². The minimum absolute atomic E-state index is 0.0218. The van der Waals surface area contributed by atoms with E-state index in [4.69, 9.17) is 37.9 Å². The molecule has 0 atom stereocenters. The Labute approximate surface area is 527 Å². The summed E-state index contributed by atoms with van der Waals surface area (Å²) >= 11 is 7.20. The molecule has 8 aromatic rings. The smallest absolute Gasteiger partial charge is 0.147 e. The van der Waals surface area contributed by atoms with Gasteiger partial charge in [-0.25, -0.2) is 0 Å². The third kappa shape index (κ3) is 13.2. The van der Waals surface area contributed by atoms with Crippen molar-refractivity contribution in [3.8, 4) is 44.5 Å². The van der Waals surface area contributed by atoms with Gasteiger partial charge in [-0.3, -0.25) is 0 Å². The van der Waals surface area contributed by atoms with Crippen LogP contribution < -0.4 is 0 Å². The molecule has 86 heavy (non-hydrogen) atoms. The van der Waals surface area contributed by atoms with Crippen molar-refractivity contribution in [1.29, 1.82) is 0 Å². The maximum atomic E-state index is 6.70. The predicted octanol–water partition coefficient (Wildman–Crippen LogP) is 19.5. The average Bonchev–Trinajstić information content (AvgIpc) is 1.09. The second kappa shape index (κ2) is 27.0. The van der Waals surface area contributed by atoms with Gasteiger partial charge in [0.1, 0.15) is 27.2 Å². The molecule has 0 aliphatic heterocycles. The van der Waals surface area contributed by atoms with Gasteiger partial charge >= 0.3 is 0 Å². The van der Waals surface area contributed by atoms with Crippen molar-refractivity contribution in [2.75, 3.05) is 55.6 Å². The normalized spacial score (nSPS) is 25.0. The summed E-state index contributed by atoms with van der Waals surface area (Å²) in [6, 6.07) is 71.4. The predicted molar refractivity (Wildman–Crippen MR) is 352 cm³/mol. The van der Waals surface area contributed by atoms with Gasteiger partial charge in [0.05, 0.1) is 22.4 Å². The Balaban J connectivity index is 0.704. The molecule has 8 aromatic carbocycles. The quantitative estimate of drug-likeness (QED) is 0.0622. The summed E-state index contributed by atoms with van der Waals surface area (Å²) in [6.07, 6.45) is 10.9. The first kappa shape index (κ1) is 62.0. The first-order valence-corrected chi connectivity index (χ1v) is 32.0. The molecule has 3 aliphatic rings. The van der Waals surface area contributed by atoms with E-state index < -0.39 is 16.8 Å². The fourth-order valence-electron chi connectivity index (χ4n) is 14.1. The van der Waals surface area contributed by atoms with Crippen LogP contribution in [0.2, 0.25) is 0 Å². The Bertz CT molecular complexity index is 3430. The molecule has 11 rings (SSSR count). The SMILES string of the molecule is COCOC1(c2ccc(Br)cc2)CCC(C)(c2ccc(-c3ccc(-c4ccc(C5(C)CCC(OCOC)(c6ccc(-c7ccc(-c8ccc(C9(OCOC)CCC(OCOC)(c%10ccc(Br)cc%10)CC9)cc8)cc7)cc6)CC5)cc4)cc3)cc2)CC1. The molecule has 0 bridgehead atoms. The van der Waals surface area contributed by atoms with Crippen LogP contribution >= 0.6 is 31.9 Å². The number of benzene rings is 8.